The summed E-state index contributed by atoms with van der Waals surface area (Å²) in [6.07, 6.45) is 5.87. The predicted molar refractivity (Wildman–Crippen MR) is 106 cm³/mol. The topological polar surface area (TPSA) is 59.8 Å². The van der Waals surface area contributed by atoms with Crippen molar-refractivity contribution in [1.82, 2.24) is 20.1 Å². The van der Waals surface area contributed by atoms with Crippen molar-refractivity contribution in [3.05, 3.63) is 84.3 Å². The van der Waals surface area contributed by atoms with E-state index in [0.29, 0.717) is 13.0 Å². The smallest absolute Gasteiger partial charge is 0.224 e. The van der Waals surface area contributed by atoms with Gasteiger partial charge in [0, 0.05) is 31.5 Å². The number of nitrogens with one attached hydrogen (secondary N) is 1. The van der Waals surface area contributed by atoms with Crippen molar-refractivity contribution < 1.29 is 4.79 Å². The highest BCUT2D eigenvalue weighted by Crippen LogP contribution is 2.19. The van der Waals surface area contributed by atoms with Gasteiger partial charge in [-0.15, -0.1) is 0 Å². The van der Waals surface area contributed by atoms with Gasteiger partial charge < -0.3 is 5.32 Å². The second-order valence-corrected chi connectivity index (χ2v) is 6.55. The molecule has 0 fully saturated rings. The minimum Gasteiger partial charge on any atom is -0.352 e. The van der Waals surface area contributed by atoms with Crippen LogP contribution in [0.4, 0.5) is 0 Å². The summed E-state index contributed by atoms with van der Waals surface area (Å²) < 4.78 is 1.75. The number of amides is 1. The molecule has 5 heteroatoms. The van der Waals surface area contributed by atoms with Crippen LogP contribution in [0.1, 0.15) is 11.1 Å². The second kappa shape index (κ2) is 7.41. The van der Waals surface area contributed by atoms with E-state index >= 15 is 0 Å². The minimum absolute atomic E-state index is 0.00249. The number of nitrogens with zero attached hydrogens (tertiary/aromatic N) is 3. The number of pyridine rings is 1. The first kappa shape index (κ1) is 17.0. The van der Waals surface area contributed by atoms with Crippen molar-refractivity contribution in [3.63, 3.8) is 0 Å². The van der Waals surface area contributed by atoms with Crippen LogP contribution in [0.5, 0.6) is 0 Å². The summed E-state index contributed by atoms with van der Waals surface area (Å²) in [5.41, 5.74) is 3.85. The van der Waals surface area contributed by atoms with E-state index in [0.717, 1.165) is 33.2 Å². The molecule has 0 spiro atoms. The van der Waals surface area contributed by atoms with Crippen LogP contribution in [0, 0.1) is 0 Å². The molecule has 0 saturated heterocycles. The molecule has 0 aliphatic heterocycles. The second-order valence-electron chi connectivity index (χ2n) is 6.55. The third kappa shape index (κ3) is 3.87. The summed E-state index contributed by atoms with van der Waals surface area (Å²) in [6, 6.07) is 18.1. The highest BCUT2D eigenvalue weighted by Gasteiger charge is 2.07. The molecule has 0 radical (unpaired) electrons. The zero-order valence-corrected chi connectivity index (χ0v) is 15.1. The maximum Gasteiger partial charge on any atom is 0.224 e. The van der Waals surface area contributed by atoms with Gasteiger partial charge in [-0.2, -0.15) is 5.10 Å². The van der Waals surface area contributed by atoms with E-state index in [2.05, 4.69) is 33.6 Å². The van der Waals surface area contributed by atoms with Crippen LogP contribution in [0.2, 0.25) is 0 Å². The van der Waals surface area contributed by atoms with Gasteiger partial charge in [0.1, 0.15) is 0 Å². The molecule has 2 heterocycles. The van der Waals surface area contributed by atoms with E-state index in [4.69, 9.17) is 0 Å². The molecule has 27 heavy (non-hydrogen) atoms. The van der Waals surface area contributed by atoms with Crippen molar-refractivity contribution in [2.75, 3.05) is 0 Å². The first-order chi connectivity index (χ1) is 13.2. The molecular formula is C22H20N4O. The zero-order valence-electron chi connectivity index (χ0n) is 15.1. The normalized spacial score (nSPS) is 10.9. The molecular weight excluding hydrogens is 336 g/mol. The first-order valence-electron chi connectivity index (χ1n) is 8.86. The Bertz CT molecular complexity index is 1080. The highest BCUT2D eigenvalue weighted by molar-refractivity contribution is 5.90. The molecule has 0 aliphatic carbocycles. The Morgan fingerprint density at radius 2 is 1.89 bits per heavy atom. The number of carbonyl (C=O) groups excluding carboxylic acids is 1. The largest absolute Gasteiger partial charge is 0.352 e. The molecule has 0 saturated carbocycles. The van der Waals surface area contributed by atoms with Crippen LogP contribution < -0.4 is 5.32 Å². The standard InChI is InChI=1S/C22H20N4O/c1-26-15-19(14-25-26)21-10-9-16(12-23-21)13-24-22(27)11-18-7-4-6-17-5-2-3-8-20(17)18/h2-10,12,14-15H,11,13H2,1H3,(H,24,27). The number of aryl methyl sites for hydroxylation is 1. The number of fused-ring (bicyclic) bond motifs is 1. The van der Waals surface area contributed by atoms with Gasteiger partial charge in [-0.25, -0.2) is 0 Å². The molecule has 5 nitrogen and oxygen atoms in total. The molecule has 2 aromatic carbocycles. The summed E-state index contributed by atoms with van der Waals surface area (Å²) >= 11 is 0. The quantitative estimate of drug-likeness (QED) is 0.595. The lowest BCUT2D eigenvalue weighted by Crippen LogP contribution is -2.24. The van der Waals surface area contributed by atoms with E-state index in [1.54, 1.807) is 17.1 Å². The van der Waals surface area contributed by atoms with Crippen LogP contribution >= 0.6 is 0 Å². The van der Waals surface area contributed by atoms with E-state index < -0.39 is 0 Å². The number of benzene rings is 2. The van der Waals surface area contributed by atoms with Crippen LogP contribution in [0.15, 0.2) is 73.2 Å². The maximum atomic E-state index is 12.4. The first-order valence-corrected chi connectivity index (χ1v) is 8.86. The summed E-state index contributed by atoms with van der Waals surface area (Å²) in [4.78, 5) is 16.8. The zero-order chi connectivity index (χ0) is 18.6. The number of hydrogen-bond donors (Lipinski definition) is 1. The molecule has 0 unspecified atom stereocenters. The van der Waals surface area contributed by atoms with Crippen molar-refractivity contribution in [2.45, 2.75) is 13.0 Å². The molecule has 4 rings (SSSR count). The number of rotatable bonds is 5. The van der Waals surface area contributed by atoms with E-state index in [-0.39, 0.29) is 5.91 Å². The summed E-state index contributed by atoms with van der Waals surface area (Å²) in [6.45, 7) is 0.462. The third-order valence-corrected chi connectivity index (χ3v) is 4.55. The lowest BCUT2D eigenvalue weighted by Gasteiger charge is -2.08. The molecule has 0 atom stereocenters. The Hall–Kier alpha value is -3.47. The predicted octanol–water partition coefficient (Wildman–Crippen LogP) is 3.49. The summed E-state index contributed by atoms with van der Waals surface area (Å²) in [7, 11) is 1.88. The van der Waals surface area contributed by atoms with Gasteiger partial charge in [-0.05, 0) is 28.0 Å². The molecule has 1 N–H and O–H groups in total. The average Bonchev–Trinajstić information content (AvgIpc) is 3.13. The molecule has 134 valence electrons. The Kier molecular flexibility index (Phi) is 4.66. The van der Waals surface area contributed by atoms with Crippen LogP contribution in [-0.4, -0.2) is 20.7 Å². The Labute approximate surface area is 157 Å². The molecule has 0 aliphatic rings. The van der Waals surface area contributed by atoms with Gasteiger partial charge in [-0.1, -0.05) is 48.5 Å². The SMILES string of the molecule is Cn1cc(-c2ccc(CNC(=O)Cc3cccc4ccccc34)cn2)cn1. The highest BCUT2D eigenvalue weighted by atomic mass is 16.1. The van der Waals surface area contributed by atoms with Crippen LogP contribution in [0.25, 0.3) is 22.0 Å². The van der Waals surface area contributed by atoms with Crippen molar-refractivity contribution in [1.29, 1.82) is 0 Å². The molecule has 4 aromatic rings. The Balaban J connectivity index is 1.39. The van der Waals surface area contributed by atoms with E-state index in [9.17, 15) is 4.79 Å². The summed E-state index contributed by atoms with van der Waals surface area (Å²) in [5, 5.41) is 9.41. The maximum absolute atomic E-state index is 12.4. The van der Waals surface area contributed by atoms with Gasteiger partial charge in [0.15, 0.2) is 0 Å². The van der Waals surface area contributed by atoms with Crippen LogP contribution in [-0.2, 0) is 24.8 Å². The lowest BCUT2D eigenvalue weighted by molar-refractivity contribution is -0.120. The fraction of sp³-hybridized carbons (Fsp3) is 0.136. The van der Waals surface area contributed by atoms with Crippen molar-refractivity contribution in [3.8, 4) is 11.3 Å². The van der Waals surface area contributed by atoms with Crippen molar-refractivity contribution in [2.24, 2.45) is 7.05 Å². The molecule has 1 amide bonds. The van der Waals surface area contributed by atoms with Crippen LogP contribution in [0.3, 0.4) is 0 Å². The number of hydrogen-bond acceptors (Lipinski definition) is 3. The Morgan fingerprint density at radius 3 is 2.67 bits per heavy atom. The van der Waals surface area contributed by atoms with Gasteiger partial charge in [-0.3, -0.25) is 14.5 Å². The number of aromatic nitrogens is 3. The molecule has 0 bridgehead atoms. The third-order valence-electron chi connectivity index (χ3n) is 4.55. The molecule has 2 aromatic heterocycles. The van der Waals surface area contributed by atoms with E-state index in [1.807, 2.05) is 49.6 Å². The monoisotopic (exact) mass is 356 g/mol. The number of carbonyl (C=O) groups is 1. The van der Waals surface area contributed by atoms with Gasteiger partial charge in [0.05, 0.1) is 18.3 Å². The minimum atomic E-state index is 0.00249. The Morgan fingerprint density at radius 1 is 1.04 bits per heavy atom. The summed E-state index contributed by atoms with van der Waals surface area (Å²) in [5.74, 6) is 0.00249. The lowest BCUT2D eigenvalue weighted by atomic mass is 10.0. The fourth-order valence-electron chi connectivity index (χ4n) is 3.14. The van der Waals surface area contributed by atoms with Gasteiger partial charge in [0.2, 0.25) is 5.91 Å². The van der Waals surface area contributed by atoms with Gasteiger partial charge in [0.25, 0.3) is 0 Å². The van der Waals surface area contributed by atoms with Gasteiger partial charge >= 0.3 is 0 Å². The van der Waals surface area contributed by atoms with Crippen molar-refractivity contribution >= 4 is 16.7 Å². The van der Waals surface area contributed by atoms with E-state index in [1.165, 1.54) is 0 Å². The fourth-order valence-corrected chi connectivity index (χ4v) is 3.14. The average molecular weight is 356 g/mol.